The van der Waals surface area contributed by atoms with E-state index in [-0.39, 0.29) is 5.69 Å². The Morgan fingerprint density at radius 3 is 2.86 bits per heavy atom. The van der Waals surface area contributed by atoms with Gasteiger partial charge in [0.1, 0.15) is 0 Å². The minimum absolute atomic E-state index is 0.0962. The van der Waals surface area contributed by atoms with Crippen LogP contribution in [0.1, 0.15) is 0 Å². The van der Waals surface area contributed by atoms with E-state index < -0.39 is 4.92 Å². The van der Waals surface area contributed by atoms with Crippen LogP contribution in [0.4, 0.5) is 11.4 Å². The van der Waals surface area contributed by atoms with Gasteiger partial charge >= 0.3 is 0 Å². The summed E-state index contributed by atoms with van der Waals surface area (Å²) < 4.78 is 1.85. The molecular weight excluding hydrogens is 315 g/mol. The lowest BCUT2D eigenvalue weighted by Gasteiger charge is -1.97. The lowest BCUT2D eigenvalue weighted by molar-refractivity contribution is -0.382. The molecule has 0 aliphatic rings. The van der Waals surface area contributed by atoms with Crippen molar-refractivity contribution in [3.8, 4) is 0 Å². The monoisotopic (exact) mass is 320 g/mol. The summed E-state index contributed by atoms with van der Waals surface area (Å²) in [6, 6.07) is 3.63. The standard InChI is InChI=1S/C8H5IN2O2S/c9-4-1-5(10)8-6(11(12)13)3-14-7(8)2-4/h1-3H,10H2. The second-order valence-electron chi connectivity index (χ2n) is 2.75. The summed E-state index contributed by atoms with van der Waals surface area (Å²) in [6.07, 6.45) is 0. The summed E-state index contributed by atoms with van der Waals surface area (Å²) in [7, 11) is 0. The lowest BCUT2D eigenvalue weighted by atomic mass is 10.2. The first-order valence-electron chi connectivity index (χ1n) is 3.70. The maximum Gasteiger partial charge on any atom is 0.289 e. The van der Waals surface area contributed by atoms with Crippen LogP contribution in [-0.4, -0.2) is 4.92 Å². The average molecular weight is 320 g/mol. The van der Waals surface area contributed by atoms with Gasteiger partial charge in [-0.3, -0.25) is 10.1 Å². The van der Waals surface area contributed by atoms with E-state index in [9.17, 15) is 10.1 Å². The molecule has 0 bridgehead atoms. The van der Waals surface area contributed by atoms with E-state index in [2.05, 4.69) is 22.6 Å². The molecule has 0 fully saturated rings. The minimum atomic E-state index is -0.401. The van der Waals surface area contributed by atoms with Crippen molar-refractivity contribution in [3.63, 3.8) is 0 Å². The molecular formula is C8H5IN2O2S. The van der Waals surface area contributed by atoms with Gasteiger partial charge in [-0.25, -0.2) is 0 Å². The van der Waals surface area contributed by atoms with Crippen LogP contribution in [0.25, 0.3) is 10.1 Å². The van der Waals surface area contributed by atoms with Crippen molar-refractivity contribution < 1.29 is 4.92 Å². The highest BCUT2D eigenvalue weighted by molar-refractivity contribution is 14.1. The molecule has 6 heteroatoms. The average Bonchev–Trinajstić information content (AvgIpc) is 2.47. The highest BCUT2D eigenvalue weighted by Gasteiger charge is 2.16. The van der Waals surface area contributed by atoms with Gasteiger partial charge in [-0.15, -0.1) is 11.3 Å². The van der Waals surface area contributed by atoms with Gasteiger partial charge in [-0.2, -0.15) is 0 Å². The van der Waals surface area contributed by atoms with Crippen molar-refractivity contribution in [1.82, 2.24) is 0 Å². The summed E-state index contributed by atoms with van der Waals surface area (Å²) in [5, 5.41) is 12.7. The maximum absolute atomic E-state index is 10.7. The normalized spacial score (nSPS) is 10.6. The molecule has 0 unspecified atom stereocenters. The molecule has 1 heterocycles. The van der Waals surface area contributed by atoms with Crippen molar-refractivity contribution in [2.45, 2.75) is 0 Å². The zero-order valence-corrected chi connectivity index (χ0v) is 9.83. The maximum atomic E-state index is 10.7. The number of thiophene rings is 1. The van der Waals surface area contributed by atoms with Crippen molar-refractivity contribution in [1.29, 1.82) is 0 Å². The third-order valence-electron chi connectivity index (χ3n) is 1.85. The zero-order chi connectivity index (χ0) is 10.3. The quantitative estimate of drug-likeness (QED) is 0.380. The zero-order valence-electron chi connectivity index (χ0n) is 6.86. The molecule has 14 heavy (non-hydrogen) atoms. The number of halogens is 1. The smallest absolute Gasteiger partial charge is 0.289 e. The van der Waals surface area contributed by atoms with E-state index in [1.807, 2.05) is 6.07 Å². The number of benzene rings is 1. The number of nitrogens with zero attached hydrogens (tertiary/aromatic N) is 1. The summed E-state index contributed by atoms with van der Waals surface area (Å²) in [4.78, 5) is 10.3. The molecule has 1 aromatic carbocycles. The predicted octanol–water partition coefficient (Wildman–Crippen LogP) is 3.00. The number of anilines is 1. The molecule has 0 saturated carbocycles. The molecule has 0 amide bonds. The Labute approximate surface area is 97.0 Å². The van der Waals surface area contributed by atoms with E-state index in [0.29, 0.717) is 11.1 Å². The van der Waals surface area contributed by atoms with Gasteiger partial charge in [0.05, 0.1) is 15.7 Å². The Bertz CT molecular complexity index is 523. The Morgan fingerprint density at radius 2 is 2.21 bits per heavy atom. The third-order valence-corrected chi connectivity index (χ3v) is 3.39. The molecule has 0 radical (unpaired) electrons. The summed E-state index contributed by atoms with van der Waals surface area (Å²) in [5.41, 5.74) is 6.31. The summed E-state index contributed by atoms with van der Waals surface area (Å²) in [5.74, 6) is 0. The number of nitro groups is 1. The Morgan fingerprint density at radius 1 is 1.50 bits per heavy atom. The number of rotatable bonds is 1. The van der Waals surface area contributed by atoms with Crippen LogP contribution in [0.15, 0.2) is 17.5 Å². The first-order chi connectivity index (χ1) is 6.59. The largest absolute Gasteiger partial charge is 0.398 e. The van der Waals surface area contributed by atoms with Crippen LogP contribution < -0.4 is 5.73 Å². The molecule has 2 N–H and O–H groups in total. The molecule has 1 aromatic heterocycles. The van der Waals surface area contributed by atoms with Gasteiger partial charge in [0.25, 0.3) is 5.69 Å². The van der Waals surface area contributed by atoms with Crippen LogP contribution in [0.3, 0.4) is 0 Å². The fraction of sp³-hybridized carbons (Fsp3) is 0. The van der Waals surface area contributed by atoms with Crippen molar-refractivity contribution in [3.05, 3.63) is 31.2 Å². The van der Waals surface area contributed by atoms with Crippen LogP contribution >= 0.6 is 33.9 Å². The van der Waals surface area contributed by atoms with Crippen LogP contribution in [0.5, 0.6) is 0 Å². The second kappa shape index (κ2) is 3.35. The van der Waals surface area contributed by atoms with E-state index >= 15 is 0 Å². The highest BCUT2D eigenvalue weighted by Crippen LogP contribution is 2.37. The molecule has 0 aliphatic heterocycles. The van der Waals surface area contributed by atoms with Gasteiger partial charge in [0, 0.05) is 14.0 Å². The molecule has 72 valence electrons. The highest BCUT2D eigenvalue weighted by atomic mass is 127. The Kier molecular flexibility index (Phi) is 2.31. The first kappa shape index (κ1) is 9.66. The number of hydrogen-bond donors (Lipinski definition) is 1. The van der Waals surface area contributed by atoms with E-state index in [1.165, 1.54) is 16.7 Å². The van der Waals surface area contributed by atoms with Gasteiger partial charge in [0.15, 0.2) is 0 Å². The van der Waals surface area contributed by atoms with Crippen LogP contribution in [0.2, 0.25) is 0 Å². The van der Waals surface area contributed by atoms with Gasteiger partial charge < -0.3 is 5.73 Å². The number of nitrogens with two attached hydrogens (primary N) is 1. The molecule has 4 nitrogen and oxygen atoms in total. The third kappa shape index (κ3) is 1.44. The van der Waals surface area contributed by atoms with Crippen molar-refractivity contribution in [2.24, 2.45) is 0 Å². The van der Waals surface area contributed by atoms with E-state index in [4.69, 9.17) is 5.73 Å². The number of nitrogen functional groups attached to an aromatic ring is 1. The van der Waals surface area contributed by atoms with Crippen LogP contribution in [0, 0.1) is 13.7 Å². The Hall–Kier alpha value is -0.890. The number of hydrogen-bond acceptors (Lipinski definition) is 4. The molecule has 2 aromatic rings. The van der Waals surface area contributed by atoms with E-state index in [0.717, 1.165) is 8.27 Å². The molecule has 0 saturated heterocycles. The number of fused-ring (bicyclic) bond motifs is 1. The van der Waals surface area contributed by atoms with Gasteiger partial charge in [0.2, 0.25) is 0 Å². The molecule has 0 atom stereocenters. The lowest BCUT2D eigenvalue weighted by Crippen LogP contribution is -1.90. The van der Waals surface area contributed by atoms with Crippen molar-refractivity contribution in [2.75, 3.05) is 5.73 Å². The van der Waals surface area contributed by atoms with E-state index in [1.54, 1.807) is 6.07 Å². The molecule has 2 rings (SSSR count). The summed E-state index contributed by atoms with van der Waals surface area (Å²) in [6.45, 7) is 0. The topological polar surface area (TPSA) is 69.2 Å². The van der Waals surface area contributed by atoms with Crippen molar-refractivity contribution >= 4 is 55.4 Å². The fourth-order valence-electron chi connectivity index (χ4n) is 1.28. The SMILES string of the molecule is Nc1cc(I)cc2scc([N+](=O)[O-])c12. The van der Waals surface area contributed by atoms with Gasteiger partial charge in [-0.1, -0.05) is 0 Å². The molecule has 0 aliphatic carbocycles. The predicted molar refractivity (Wildman–Crippen MR) is 65.6 cm³/mol. The molecule has 0 spiro atoms. The second-order valence-corrected chi connectivity index (χ2v) is 4.90. The summed E-state index contributed by atoms with van der Waals surface area (Å²) >= 11 is 3.48. The minimum Gasteiger partial charge on any atom is -0.398 e. The van der Waals surface area contributed by atoms with Gasteiger partial charge in [-0.05, 0) is 34.7 Å². The van der Waals surface area contributed by atoms with Crippen LogP contribution in [-0.2, 0) is 0 Å². The first-order valence-corrected chi connectivity index (χ1v) is 5.66. The Balaban J connectivity index is 2.85. The fourth-order valence-corrected chi connectivity index (χ4v) is 3.12.